The topological polar surface area (TPSA) is 151 Å². The van der Waals surface area contributed by atoms with Gasteiger partial charge in [-0.05, 0) is 12.8 Å². The molecule has 1 aliphatic heterocycles. The van der Waals surface area contributed by atoms with Crippen LogP contribution in [0.15, 0.2) is 0 Å². The van der Waals surface area contributed by atoms with Gasteiger partial charge in [-0.2, -0.15) is 0 Å². The Bertz CT molecular complexity index is 544. The zero-order valence-electron chi connectivity index (χ0n) is 16.9. The molecule has 1 unspecified atom stereocenters. The molecule has 1 amide bonds. The molecule has 1 rings (SSSR count). The van der Waals surface area contributed by atoms with Gasteiger partial charge in [0.05, 0.1) is 13.1 Å². The van der Waals surface area contributed by atoms with Crippen LogP contribution in [0.1, 0.15) is 26.2 Å². The summed E-state index contributed by atoms with van der Waals surface area (Å²) in [7, 11) is 0. The van der Waals surface area contributed by atoms with Crippen molar-refractivity contribution in [3.05, 3.63) is 0 Å². The lowest BCUT2D eigenvalue weighted by atomic mass is 10.1. The van der Waals surface area contributed by atoms with Crippen molar-refractivity contribution in [2.24, 2.45) is 0 Å². The van der Waals surface area contributed by atoms with Gasteiger partial charge in [0.1, 0.15) is 6.04 Å². The molecule has 0 aromatic heterocycles. The van der Waals surface area contributed by atoms with Crippen LogP contribution in [0.3, 0.4) is 0 Å². The number of carboxylic acids is 3. The maximum absolute atomic E-state index is 11.9. The number of hydrogen-bond acceptors (Lipinski definition) is 7. The smallest absolute Gasteiger partial charge is 0.320 e. The maximum atomic E-state index is 11.9. The van der Waals surface area contributed by atoms with E-state index in [2.05, 4.69) is 5.32 Å². The average Bonchev–Trinajstić information content (AvgIpc) is 2.71. The Morgan fingerprint density at radius 1 is 0.862 bits per heavy atom. The Morgan fingerprint density at radius 3 is 1.76 bits per heavy atom. The monoisotopic (exact) mass is 416 g/mol. The molecule has 0 spiro atoms. The Morgan fingerprint density at radius 2 is 1.34 bits per heavy atom. The predicted molar refractivity (Wildman–Crippen MR) is 104 cm³/mol. The number of rotatable bonds is 11. The molecule has 0 bridgehead atoms. The van der Waals surface area contributed by atoms with Gasteiger partial charge in [0.2, 0.25) is 5.91 Å². The van der Waals surface area contributed by atoms with E-state index >= 15 is 0 Å². The maximum Gasteiger partial charge on any atom is 0.320 e. The highest BCUT2D eigenvalue weighted by Gasteiger charge is 2.28. The quantitative estimate of drug-likeness (QED) is 0.324. The van der Waals surface area contributed by atoms with Crippen LogP contribution in [-0.4, -0.2) is 119 Å². The first-order valence-corrected chi connectivity index (χ1v) is 9.84. The summed E-state index contributed by atoms with van der Waals surface area (Å²) in [6.07, 6.45) is 0.993. The summed E-state index contributed by atoms with van der Waals surface area (Å²) in [5.74, 6) is -3.25. The Balaban J connectivity index is 2.85. The van der Waals surface area contributed by atoms with Crippen LogP contribution in [0.25, 0.3) is 0 Å². The zero-order chi connectivity index (χ0) is 21.8. The van der Waals surface area contributed by atoms with E-state index in [1.165, 1.54) is 0 Å². The van der Waals surface area contributed by atoms with Gasteiger partial charge in [-0.25, -0.2) is 0 Å². The lowest BCUT2D eigenvalue weighted by Crippen LogP contribution is -2.47. The molecule has 1 saturated heterocycles. The first-order chi connectivity index (χ1) is 13.7. The van der Waals surface area contributed by atoms with Crippen LogP contribution in [0.4, 0.5) is 0 Å². The normalized spacial score (nSPS) is 18.2. The molecule has 11 heteroatoms. The lowest BCUT2D eigenvalue weighted by molar-refractivity contribution is -0.144. The third-order valence-electron chi connectivity index (χ3n) is 4.80. The number of amides is 1. The number of hydrogen-bond donors (Lipinski definition) is 4. The average molecular weight is 416 g/mol. The summed E-state index contributed by atoms with van der Waals surface area (Å²) >= 11 is 0. The van der Waals surface area contributed by atoms with Gasteiger partial charge < -0.3 is 20.6 Å². The molecule has 0 aromatic rings. The molecule has 0 aromatic carbocycles. The van der Waals surface area contributed by atoms with Crippen molar-refractivity contribution in [1.82, 2.24) is 20.0 Å². The minimum atomic E-state index is -1.05. The van der Waals surface area contributed by atoms with Crippen LogP contribution in [0.2, 0.25) is 0 Å². The Labute approximate surface area is 170 Å². The zero-order valence-corrected chi connectivity index (χ0v) is 16.9. The number of aliphatic carboxylic acids is 3. The fourth-order valence-corrected chi connectivity index (χ4v) is 3.25. The lowest BCUT2D eigenvalue weighted by Gasteiger charge is -2.30. The van der Waals surface area contributed by atoms with Crippen molar-refractivity contribution >= 4 is 23.8 Å². The van der Waals surface area contributed by atoms with Gasteiger partial charge in [0.15, 0.2) is 0 Å². The summed E-state index contributed by atoms with van der Waals surface area (Å²) in [5.41, 5.74) is 0. The van der Waals surface area contributed by atoms with E-state index < -0.39 is 23.9 Å². The fraction of sp³-hybridized carbons (Fsp3) is 0.778. The van der Waals surface area contributed by atoms with E-state index in [9.17, 15) is 24.3 Å². The Kier molecular flexibility index (Phi) is 11.2. The second kappa shape index (κ2) is 13.1. The fourth-order valence-electron chi connectivity index (χ4n) is 3.25. The highest BCUT2D eigenvalue weighted by molar-refractivity contribution is 5.78. The summed E-state index contributed by atoms with van der Waals surface area (Å²) in [6, 6.07) is -0.904. The van der Waals surface area contributed by atoms with E-state index in [0.29, 0.717) is 45.8 Å². The number of nitrogens with one attached hydrogen (secondary N) is 1. The van der Waals surface area contributed by atoms with Gasteiger partial charge in [0.25, 0.3) is 0 Å². The van der Waals surface area contributed by atoms with E-state index in [1.807, 2.05) is 6.92 Å². The second-order valence-electron chi connectivity index (χ2n) is 7.12. The van der Waals surface area contributed by atoms with E-state index in [1.54, 1.807) is 14.7 Å². The van der Waals surface area contributed by atoms with E-state index in [-0.39, 0.29) is 31.8 Å². The Hall–Kier alpha value is -2.24. The molecule has 1 fully saturated rings. The molecule has 1 aliphatic rings. The molecule has 0 saturated carbocycles. The number of nitrogens with zero attached hydrogens (tertiary/aromatic N) is 3. The minimum Gasteiger partial charge on any atom is -0.480 e. The van der Waals surface area contributed by atoms with Crippen molar-refractivity contribution in [3.8, 4) is 0 Å². The summed E-state index contributed by atoms with van der Waals surface area (Å²) in [4.78, 5) is 50.9. The number of carboxylic acid groups (broad SMARTS) is 3. The predicted octanol–water partition coefficient (Wildman–Crippen LogP) is -1.17. The van der Waals surface area contributed by atoms with Crippen molar-refractivity contribution in [1.29, 1.82) is 0 Å². The van der Waals surface area contributed by atoms with Crippen LogP contribution in [-0.2, 0) is 19.2 Å². The molecule has 0 aliphatic carbocycles. The molecular formula is C18H32N4O7. The highest BCUT2D eigenvalue weighted by Crippen LogP contribution is 2.11. The van der Waals surface area contributed by atoms with Crippen LogP contribution >= 0.6 is 0 Å². The van der Waals surface area contributed by atoms with Gasteiger partial charge in [-0.3, -0.25) is 33.9 Å². The van der Waals surface area contributed by atoms with Gasteiger partial charge in [-0.1, -0.05) is 6.92 Å². The van der Waals surface area contributed by atoms with Crippen molar-refractivity contribution in [2.45, 2.75) is 32.2 Å². The summed E-state index contributed by atoms with van der Waals surface area (Å²) < 4.78 is 0. The summed E-state index contributed by atoms with van der Waals surface area (Å²) in [5, 5.41) is 30.6. The molecule has 166 valence electrons. The molecule has 1 atom stereocenters. The first kappa shape index (κ1) is 24.8. The van der Waals surface area contributed by atoms with Crippen molar-refractivity contribution < 1.29 is 34.5 Å². The van der Waals surface area contributed by atoms with E-state index in [0.717, 1.165) is 6.42 Å². The number of carbonyl (C=O) groups is 4. The molecule has 29 heavy (non-hydrogen) atoms. The largest absolute Gasteiger partial charge is 0.480 e. The molecule has 4 N–H and O–H groups in total. The van der Waals surface area contributed by atoms with Gasteiger partial charge >= 0.3 is 17.9 Å². The second-order valence-corrected chi connectivity index (χ2v) is 7.12. The standard InChI is InChI=1S/C18H32N4O7/c1-2-5-19-15(23)4-3-14(18(28)29)22-10-8-20(12-16(24)25)6-7-21(9-11-22)13-17(26)27/h14H,2-13H2,1H3,(H,19,23)(H,24,25)(H,26,27)(H,28,29). The van der Waals surface area contributed by atoms with Crippen LogP contribution in [0, 0.1) is 0 Å². The third-order valence-corrected chi connectivity index (χ3v) is 4.80. The van der Waals surface area contributed by atoms with Crippen molar-refractivity contribution in [2.75, 3.05) is 58.9 Å². The van der Waals surface area contributed by atoms with Gasteiger partial charge in [-0.15, -0.1) is 0 Å². The molecular weight excluding hydrogens is 384 g/mol. The minimum absolute atomic E-state index is 0.0746. The first-order valence-electron chi connectivity index (χ1n) is 9.84. The van der Waals surface area contributed by atoms with Crippen LogP contribution in [0.5, 0.6) is 0 Å². The highest BCUT2D eigenvalue weighted by atomic mass is 16.4. The molecule has 11 nitrogen and oxygen atoms in total. The van der Waals surface area contributed by atoms with Crippen molar-refractivity contribution in [3.63, 3.8) is 0 Å². The van der Waals surface area contributed by atoms with E-state index in [4.69, 9.17) is 10.2 Å². The molecule has 0 radical (unpaired) electrons. The summed E-state index contributed by atoms with van der Waals surface area (Å²) in [6.45, 7) is 4.15. The third kappa shape index (κ3) is 10.2. The van der Waals surface area contributed by atoms with Gasteiger partial charge in [0, 0.05) is 52.2 Å². The molecule has 1 heterocycles. The van der Waals surface area contributed by atoms with Crippen LogP contribution < -0.4 is 5.32 Å². The number of carbonyl (C=O) groups excluding carboxylic acids is 1. The SMILES string of the molecule is CCCNC(=O)CCC(C(=O)O)N1CCN(CC(=O)O)CCN(CC(=O)O)CC1.